The minimum absolute atomic E-state index is 0.00265. The molecule has 0 bridgehead atoms. The molecule has 4 nitrogen and oxygen atoms in total. The normalized spacial score (nSPS) is 11.3. The molecule has 1 atom stereocenters. The number of hydrogen-bond donors (Lipinski definition) is 1. The second-order valence-corrected chi connectivity index (χ2v) is 5.46. The zero-order valence-corrected chi connectivity index (χ0v) is 13.1. The highest BCUT2D eigenvalue weighted by molar-refractivity contribution is 5.84. The Kier molecular flexibility index (Phi) is 5.65. The van der Waals surface area contributed by atoms with E-state index in [2.05, 4.69) is 16.9 Å². The lowest BCUT2D eigenvalue weighted by Crippen LogP contribution is -2.30. The van der Waals surface area contributed by atoms with Crippen molar-refractivity contribution in [3.05, 3.63) is 66.5 Å². The lowest BCUT2D eigenvalue weighted by Gasteiger charge is -2.17. The predicted octanol–water partition coefficient (Wildman–Crippen LogP) is 3.44. The van der Waals surface area contributed by atoms with Crippen LogP contribution in [-0.4, -0.2) is 17.4 Å². The minimum Gasteiger partial charge on any atom is -0.342 e. The predicted molar refractivity (Wildman–Crippen MR) is 90.5 cm³/mol. The number of rotatable bonds is 6. The summed E-state index contributed by atoms with van der Waals surface area (Å²) in [5, 5.41) is 11.3. The van der Waals surface area contributed by atoms with Crippen LogP contribution in [0.25, 0.3) is 11.1 Å². The average Bonchev–Trinajstić information content (AvgIpc) is 2.58. The molecule has 1 heterocycles. The Morgan fingerprint density at radius 1 is 1.30 bits per heavy atom. The van der Waals surface area contributed by atoms with Crippen molar-refractivity contribution in [2.45, 2.75) is 19.3 Å². The minimum atomic E-state index is -0.392. The number of nitriles is 1. The summed E-state index contributed by atoms with van der Waals surface area (Å²) in [6, 6.07) is 13.8. The Hall–Kier alpha value is -2.93. The Morgan fingerprint density at radius 3 is 2.70 bits per heavy atom. The van der Waals surface area contributed by atoms with Gasteiger partial charge in [0.25, 0.3) is 0 Å². The molecule has 1 unspecified atom stereocenters. The number of allylic oxidation sites excluding steroid dienone is 1. The van der Waals surface area contributed by atoms with E-state index in [-0.39, 0.29) is 12.5 Å². The Morgan fingerprint density at radius 2 is 2.04 bits per heavy atom. The van der Waals surface area contributed by atoms with Crippen molar-refractivity contribution < 1.29 is 4.79 Å². The standard InChI is InChI=1S/C19H19N3O/c1-14(2)10-18(19(23)22-9-8-20)17-11-16(12-21-13-17)15-6-4-3-5-7-15/h3-7,11-13,18H,1,9-10H2,2H3,(H,22,23). The SMILES string of the molecule is C=C(C)CC(C(=O)NCC#N)c1cncc(-c2ccccc2)c1. The number of amides is 1. The van der Waals surface area contributed by atoms with Gasteiger partial charge in [0.15, 0.2) is 0 Å². The van der Waals surface area contributed by atoms with E-state index in [1.54, 1.807) is 12.4 Å². The largest absolute Gasteiger partial charge is 0.342 e. The lowest BCUT2D eigenvalue weighted by atomic mass is 9.91. The van der Waals surface area contributed by atoms with E-state index in [0.717, 1.165) is 22.3 Å². The molecule has 4 heteroatoms. The highest BCUT2D eigenvalue weighted by atomic mass is 16.1. The van der Waals surface area contributed by atoms with Gasteiger partial charge in [0.2, 0.25) is 5.91 Å². The zero-order chi connectivity index (χ0) is 16.7. The van der Waals surface area contributed by atoms with Crippen LogP contribution in [0.3, 0.4) is 0 Å². The van der Waals surface area contributed by atoms with Gasteiger partial charge >= 0.3 is 0 Å². The highest BCUT2D eigenvalue weighted by Crippen LogP contribution is 2.27. The fraction of sp³-hybridized carbons (Fsp3) is 0.211. The first-order valence-electron chi connectivity index (χ1n) is 7.41. The number of pyridine rings is 1. The van der Waals surface area contributed by atoms with Crippen molar-refractivity contribution >= 4 is 5.91 Å². The third kappa shape index (κ3) is 4.52. The van der Waals surface area contributed by atoms with Crippen LogP contribution in [0.15, 0.2) is 60.9 Å². The molecule has 0 saturated carbocycles. The average molecular weight is 305 g/mol. The summed E-state index contributed by atoms with van der Waals surface area (Å²) >= 11 is 0. The molecule has 1 amide bonds. The van der Waals surface area contributed by atoms with Gasteiger partial charge in [0.1, 0.15) is 6.54 Å². The first-order chi connectivity index (χ1) is 11.1. The summed E-state index contributed by atoms with van der Waals surface area (Å²) in [5.74, 6) is -0.571. The van der Waals surface area contributed by atoms with Crippen molar-refractivity contribution in [1.82, 2.24) is 10.3 Å². The number of nitrogens with zero attached hydrogens (tertiary/aromatic N) is 2. The third-order valence-electron chi connectivity index (χ3n) is 3.48. The number of benzene rings is 1. The number of nitrogens with one attached hydrogen (secondary N) is 1. The Labute approximate surface area is 136 Å². The van der Waals surface area contributed by atoms with Crippen LogP contribution in [0, 0.1) is 11.3 Å². The molecule has 0 aliphatic rings. The molecule has 0 fully saturated rings. The maximum absolute atomic E-state index is 12.4. The van der Waals surface area contributed by atoms with Crippen LogP contribution in [-0.2, 0) is 4.79 Å². The van der Waals surface area contributed by atoms with Gasteiger partial charge in [-0.3, -0.25) is 9.78 Å². The molecule has 0 aliphatic carbocycles. The zero-order valence-electron chi connectivity index (χ0n) is 13.1. The molecule has 0 saturated heterocycles. The van der Waals surface area contributed by atoms with Gasteiger partial charge in [-0.1, -0.05) is 35.9 Å². The van der Waals surface area contributed by atoms with Crippen LogP contribution < -0.4 is 5.32 Å². The topological polar surface area (TPSA) is 65.8 Å². The summed E-state index contributed by atoms with van der Waals surface area (Å²) in [6.45, 7) is 5.78. The lowest BCUT2D eigenvalue weighted by molar-refractivity contribution is -0.122. The van der Waals surface area contributed by atoms with Gasteiger partial charge in [-0.25, -0.2) is 0 Å². The molecule has 0 radical (unpaired) electrons. The van der Waals surface area contributed by atoms with Gasteiger partial charge < -0.3 is 5.32 Å². The molecule has 2 aromatic rings. The summed E-state index contributed by atoms with van der Waals surface area (Å²) in [7, 11) is 0. The third-order valence-corrected chi connectivity index (χ3v) is 3.48. The van der Waals surface area contributed by atoms with E-state index in [1.165, 1.54) is 0 Å². The molecule has 116 valence electrons. The van der Waals surface area contributed by atoms with Gasteiger partial charge in [-0.05, 0) is 30.5 Å². The van der Waals surface area contributed by atoms with E-state index < -0.39 is 5.92 Å². The van der Waals surface area contributed by atoms with Crippen molar-refractivity contribution in [2.75, 3.05) is 6.54 Å². The summed E-state index contributed by atoms with van der Waals surface area (Å²) in [6.07, 6.45) is 4.01. The molecule has 23 heavy (non-hydrogen) atoms. The second-order valence-electron chi connectivity index (χ2n) is 5.46. The van der Waals surface area contributed by atoms with Gasteiger partial charge in [0, 0.05) is 18.0 Å². The van der Waals surface area contributed by atoms with Crippen LogP contribution in [0.2, 0.25) is 0 Å². The molecule has 1 N–H and O–H groups in total. The van der Waals surface area contributed by atoms with Crippen LogP contribution >= 0.6 is 0 Å². The first kappa shape index (κ1) is 16.4. The molecule has 1 aromatic carbocycles. The number of aromatic nitrogens is 1. The van der Waals surface area contributed by atoms with E-state index in [4.69, 9.17) is 5.26 Å². The molecule has 0 spiro atoms. The molecule has 1 aromatic heterocycles. The van der Waals surface area contributed by atoms with E-state index in [0.29, 0.717) is 6.42 Å². The number of carbonyl (C=O) groups excluding carboxylic acids is 1. The maximum atomic E-state index is 12.4. The number of hydrogen-bond acceptors (Lipinski definition) is 3. The van der Waals surface area contributed by atoms with Crippen molar-refractivity contribution in [3.8, 4) is 17.2 Å². The van der Waals surface area contributed by atoms with Gasteiger partial charge in [-0.15, -0.1) is 6.58 Å². The monoisotopic (exact) mass is 305 g/mol. The van der Waals surface area contributed by atoms with Crippen molar-refractivity contribution in [2.24, 2.45) is 0 Å². The maximum Gasteiger partial charge on any atom is 0.228 e. The smallest absolute Gasteiger partial charge is 0.228 e. The molecular weight excluding hydrogens is 286 g/mol. The number of carbonyl (C=O) groups is 1. The Balaban J connectivity index is 2.33. The fourth-order valence-electron chi connectivity index (χ4n) is 2.40. The van der Waals surface area contributed by atoms with E-state index >= 15 is 0 Å². The van der Waals surface area contributed by atoms with Crippen molar-refractivity contribution in [1.29, 1.82) is 5.26 Å². The molecular formula is C19H19N3O. The fourth-order valence-corrected chi connectivity index (χ4v) is 2.40. The van der Waals surface area contributed by atoms with Crippen LogP contribution in [0.1, 0.15) is 24.8 Å². The highest BCUT2D eigenvalue weighted by Gasteiger charge is 2.21. The van der Waals surface area contributed by atoms with E-state index in [9.17, 15) is 4.79 Å². The van der Waals surface area contributed by atoms with Gasteiger partial charge in [0.05, 0.1) is 12.0 Å². The quantitative estimate of drug-likeness (QED) is 0.656. The Bertz CT molecular complexity index is 732. The second kappa shape index (κ2) is 7.90. The van der Waals surface area contributed by atoms with Crippen LogP contribution in [0.4, 0.5) is 0 Å². The molecule has 0 aliphatic heterocycles. The summed E-state index contributed by atoms with van der Waals surface area (Å²) in [5.41, 5.74) is 3.74. The summed E-state index contributed by atoms with van der Waals surface area (Å²) in [4.78, 5) is 16.6. The van der Waals surface area contributed by atoms with E-state index in [1.807, 2.05) is 49.4 Å². The van der Waals surface area contributed by atoms with Crippen molar-refractivity contribution in [3.63, 3.8) is 0 Å². The summed E-state index contributed by atoms with van der Waals surface area (Å²) < 4.78 is 0. The molecule has 2 rings (SSSR count). The van der Waals surface area contributed by atoms with Gasteiger partial charge in [-0.2, -0.15) is 5.26 Å². The first-order valence-corrected chi connectivity index (χ1v) is 7.41. The van der Waals surface area contributed by atoms with Crippen LogP contribution in [0.5, 0.6) is 0 Å².